The second kappa shape index (κ2) is 5.38. The van der Waals surface area contributed by atoms with Crippen LogP contribution in [0.4, 0.5) is 14.6 Å². The molecule has 0 saturated carbocycles. The first-order valence-electron chi connectivity index (χ1n) is 5.53. The molecule has 104 valence electrons. The molecular weight excluding hydrogens is 288 g/mol. The number of hydrogen-bond acceptors (Lipinski definition) is 4. The Hall–Kier alpha value is -2.28. The van der Waals surface area contributed by atoms with Gasteiger partial charge in [0.15, 0.2) is 11.3 Å². The van der Waals surface area contributed by atoms with Crippen molar-refractivity contribution < 1.29 is 8.78 Å². The third-order valence-corrected chi connectivity index (χ3v) is 2.83. The number of aromatic nitrogens is 4. The Morgan fingerprint density at radius 1 is 1.15 bits per heavy atom. The molecule has 0 aliphatic carbocycles. The van der Waals surface area contributed by atoms with Gasteiger partial charge in [0.1, 0.15) is 11.6 Å². The Kier molecular flexibility index (Phi) is 3.80. The van der Waals surface area contributed by atoms with E-state index in [1.54, 1.807) is 6.07 Å². The SMILES string of the molecule is Cl.Nc1nccc2c1nnn2Cc1c(F)cccc1F. The van der Waals surface area contributed by atoms with Crippen LogP contribution in [0.2, 0.25) is 0 Å². The molecule has 0 fully saturated rings. The molecule has 0 amide bonds. The van der Waals surface area contributed by atoms with Crippen molar-refractivity contribution in [2.45, 2.75) is 6.54 Å². The summed E-state index contributed by atoms with van der Waals surface area (Å²) in [5.41, 5.74) is 6.58. The largest absolute Gasteiger partial charge is 0.382 e. The molecule has 0 aliphatic heterocycles. The molecule has 0 radical (unpaired) electrons. The normalized spacial score (nSPS) is 10.5. The topological polar surface area (TPSA) is 69.6 Å². The summed E-state index contributed by atoms with van der Waals surface area (Å²) in [4.78, 5) is 3.88. The third kappa shape index (κ3) is 2.27. The summed E-state index contributed by atoms with van der Waals surface area (Å²) >= 11 is 0. The lowest BCUT2D eigenvalue weighted by Crippen LogP contribution is -2.06. The Balaban J connectivity index is 0.00000147. The van der Waals surface area contributed by atoms with Crippen molar-refractivity contribution in [1.82, 2.24) is 20.0 Å². The first kappa shape index (κ1) is 14.1. The summed E-state index contributed by atoms with van der Waals surface area (Å²) in [5, 5.41) is 7.70. The number of hydrogen-bond donors (Lipinski definition) is 1. The van der Waals surface area contributed by atoms with E-state index in [0.717, 1.165) is 0 Å². The predicted octanol–water partition coefficient (Wildman–Crippen LogP) is 2.16. The van der Waals surface area contributed by atoms with Gasteiger partial charge in [-0.1, -0.05) is 11.3 Å². The maximum Gasteiger partial charge on any atom is 0.155 e. The van der Waals surface area contributed by atoms with Gasteiger partial charge in [-0.3, -0.25) is 0 Å². The highest BCUT2D eigenvalue weighted by Crippen LogP contribution is 2.18. The fraction of sp³-hybridized carbons (Fsp3) is 0.0833. The number of fused-ring (bicyclic) bond motifs is 1. The van der Waals surface area contributed by atoms with E-state index < -0.39 is 11.6 Å². The number of nitrogens with two attached hydrogens (primary N) is 1. The smallest absolute Gasteiger partial charge is 0.155 e. The number of nitrogen functional groups attached to an aromatic ring is 1. The monoisotopic (exact) mass is 297 g/mol. The highest BCUT2D eigenvalue weighted by molar-refractivity contribution is 5.85. The zero-order valence-electron chi connectivity index (χ0n) is 10.1. The maximum absolute atomic E-state index is 13.6. The molecule has 0 spiro atoms. The Morgan fingerprint density at radius 2 is 1.85 bits per heavy atom. The molecule has 5 nitrogen and oxygen atoms in total. The standard InChI is InChI=1S/C12H9F2N5.ClH/c13-8-2-1-3-9(14)7(8)6-19-10-4-5-16-12(15)11(10)17-18-19;/h1-5H,6H2,(H2,15,16);1H. The van der Waals surface area contributed by atoms with E-state index in [9.17, 15) is 8.78 Å². The summed E-state index contributed by atoms with van der Waals surface area (Å²) in [6, 6.07) is 5.36. The minimum Gasteiger partial charge on any atom is -0.382 e. The zero-order valence-corrected chi connectivity index (χ0v) is 10.9. The van der Waals surface area contributed by atoms with Crippen molar-refractivity contribution in [2.75, 3.05) is 5.73 Å². The van der Waals surface area contributed by atoms with E-state index in [-0.39, 0.29) is 30.3 Å². The van der Waals surface area contributed by atoms with Gasteiger partial charge in [-0.05, 0) is 18.2 Å². The van der Waals surface area contributed by atoms with E-state index in [1.807, 2.05) is 0 Å². The van der Waals surface area contributed by atoms with Crippen molar-refractivity contribution in [3.63, 3.8) is 0 Å². The number of halogens is 3. The highest BCUT2D eigenvalue weighted by Gasteiger charge is 2.13. The number of benzene rings is 1. The first-order chi connectivity index (χ1) is 9.16. The molecule has 2 N–H and O–H groups in total. The average Bonchev–Trinajstić information content (AvgIpc) is 2.79. The summed E-state index contributed by atoms with van der Waals surface area (Å²) in [5.74, 6) is -1.01. The van der Waals surface area contributed by atoms with Crippen LogP contribution in [0.3, 0.4) is 0 Å². The van der Waals surface area contributed by atoms with Crippen molar-refractivity contribution in [3.8, 4) is 0 Å². The van der Waals surface area contributed by atoms with E-state index in [0.29, 0.717) is 11.0 Å². The summed E-state index contributed by atoms with van der Waals surface area (Å²) in [7, 11) is 0. The van der Waals surface area contributed by atoms with Crippen LogP contribution in [0, 0.1) is 11.6 Å². The second-order valence-corrected chi connectivity index (χ2v) is 4.01. The fourth-order valence-electron chi connectivity index (χ4n) is 1.87. The highest BCUT2D eigenvalue weighted by atomic mass is 35.5. The van der Waals surface area contributed by atoms with Gasteiger partial charge in [-0.15, -0.1) is 17.5 Å². The van der Waals surface area contributed by atoms with Gasteiger partial charge < -0.3 is 5.73 Å². The van der Waals surface area contributed by atoms with Crippen LogP contribution in [-0.2, 0) is 6.54 Å². The molecule has 0 atom stereocenters. The van der Waals surface area contributed by atoms with E-state index in [1.165, 1.54) is 29.1 Å². The van der Waals surface area contributed by atoms with Crippen molar-refractivity contribution in [1.29, 1.82) is 0 Å². The van der Waals surface area contributed by atoms with E-state index in [4.69, 9.17) is 5.73 Å². The summed E-state index contributed by atoms with van der Waals surface area (Å²) < 4.78 is 28.6. The van der Waals surface area contributed by atoms with Crippen LogP contribution in [0.1, 0.15) is 5.56 Å². The summed E-state index contributed by atoms with van der Waals surface area (Å²) in [6.45, 7) is -0.0571. The van der Waals surface area contributed by atoms with Gasteiger partial charge in [0.25, 0.3) is 0 Å². The van der Waals surface area contributed by atoms with E-state index in [2.05, 4.69) is 15.3 Å². The minimum atomic E-state index is -0.620. The minimum absolute atomic E-state index is 0. The van der Waals surface area contributed by atoms with Crippen molar-refractivity contribution >= 4 is 29.3 Å². The Bertz CT molecular complexity index is 738. The molecule has 3 aromatic rings. The maximum atomic E-state index is 13.6. The second-order valence-electron chi connectivity index (χ2n) is 4.01. The van der Waals surface area contributed by atoms with Gasteiger partial charge >= 0.3 is 0 Å². The molecular formula is C12H10ClF2N5. The number of pyridine rings is 1. The van der Waals surface area contributed by atoms with Gasteiger partial charge in [0, 0.05) is 11.8 Å². The Labute approximate surface area is 118 Å². The quantitative estimate of drug-likeness (QED) is 0.787. The molecule has 20 heavy (non-hydrogen) atoms. The van der Waals surface area contributed by atoms with Crippen LogP contribution >= 0.6 is 12.4 Å². The molecule has 2 aromatic heterocycles. The van der Waals surface area contributed by atoms with E-state index >= 15 is 0 Å². The zero-order chi connectivity index (χ0) is 13.4. The molecule has 0 aliphatic rings. The molecule has 0 bridgehead atoms. The van der Waals surface area contributed by atoms with Crippen LogP contribution < -0.4 is 5.73 Å². The van der Waals surface area contributed by atoms with Gasteiger partial charge in [0.05, 0.1) is 12.1 Å². The first-order valence-corrected chi connectivity index (χ1v) is 5.53. The molecule has 2 heterocycles. The van der Waals surface area contributed by atoms with Gasteiger partial charge in [-0.2, -0.15) is 0 Å². The van der Waals surface area contributed by atoms with Crippen LogP contribution in [-0.4, -0.2) is 20.0 Å². The molecule has 1 aromatic carbocycles. The lowest BCUT2D eigenvalue weighted by Gasteiger charge is -2.05. The van der Waals surface area contributed by atoms with Crippen LogP contribution in [0.5, 0.6) is 0 Å². The molecule has 3 rings (SSSR count). The number of nitrogens with zero attached hydrogens (tertiary/aromatic N) is 4. The number of rotatable bonds is 2. The molecule has 8 heteroatoms. The average molecular weight is 298 g/mol. The summed E-state index contributed by atoms with van der Waals surface area (Å²) in [6.07, 6.45) is 1.50. The van der Waals surface area contributed by atoms with Gasteiger partial charge in [-0.25, -0.2) is 18.4 Å². The lowest BCUT2D eigenvalue weighted by molar-refractivity contribution is 0.532. The van der Waals surface area contributed by atoms with Crippen LogP contribution in [0.15, 0.2) is 30.5 Å². The third-order valence-electron chi connectivity index (χ3n) is 2.83. The fourth-order valence-corrected chi connectivity index (χ4v) is 1.87. The molecule has 0 unspecified atom stereocenters. The van der Waals surface area contributed by atoms with Crippen molar-refractivity contribution in [2.24, 2.45) is 0 Å². The predicted molar refractivity (Wildman–Crippen MR) is 72.4 cm³/mol. The lowest BCUT2D eigenvalue weighted by atomic mass is 10.2. The van der Waals surface area contributed by atoms with Crippen LogP contribution in [0.25, 0.3) is 11.0 Å². The number of anilines is 1. The van der Waals surface area contributed by atoms with Crippen molar-refractivity contribution in [3.05, 3.63) is 47.7 Å². The Morgan fingerprint density at radius 3 is 2.55 bits per heavy atom. The van der Waals surface area contributed by atoms with Gasteiger partial charge in [0.2, 0.25) is 0 Å². The molecule has 0 saturated heterocycles.